The lowest BCUT2D eigenvalue weighted by atomic mass is 10.1. The molecule has 0 aliphatic carbocycles. The lowest BCUT2D eigenvalue weighted by molar-refractivity contribution is 0.169. The average molecular weight is 223 g/mol. The minimum Gasteiger partial charge on any atom is -0.486 e. The highest BCUT2D eigenvalue weighted by Gasteiger charge is 2.15. The number of benzene rings is 1. The average Bonchev–Trinajstić information content (AvgIpc) is 2.35. The molecule has 0 bridgehead atoms. The third-order valence-corrected chi connectivity index (χ3v) is 2.56. The lowest BCUT2D eigenvalue weighted by Gasteiger charge is -2.21. The first-order valence-corrected chi connectivity index (χ1v) is 5.53. The molecule has 1 aromatic rings. The fourth-order valence-corrected chi connectivity index (χ4v) is 1.62. The van der Waals surface area contributed by atoms with Crippen molar-refractivity contribution in [2.24, 2.45) is 0 Å². The Balaban J connectivity index is 2.08. The first-order chi connectivity index (χ1) is 7.81. The molecule has 4 nitrogen and oxygen atoms in total. The molecule has 0 saturated heterocycles. The summed E-state index contributed by atoms with van der Waals surface area (Å²) in [5.74, 6) is 1.63. The zero-order valence-corrected chi connectivity index (χ0v) is 9.40. The van der Waals surface area contributed by atoms with Gasteiger partial charge in [-0.1, -0.05) is 12.1 Å². The fourth-order valence-electron chi connectivity index (χ4n) is 1.62. The second-order valence-corrected chi connectivity index (χ2v) is 3.91. The van der Waals surface area contributed by atoms with Gasteiger partial charge in [0.15, 0.2) is 11.5 Å². The molecule has 16 heavy (non-hydrogen) atoms. The summed E-state index contributed by atoms with van der Waals surface area (Å²) in [7, 11) is 0. The number of nitrogens with one attached hydrogen (secondary N) is 1. The van der Waals surface area contributed by atoms with E-state index in [4.69, 9.17) is 14.6 Å². The number of aliphatic hydroxyl groups is 1. The van der Waals surface area contributed by atoms with E-state index in [1.807, 2.05) is 25.1 Å². The van der Waals surface area contributed by atoms with Crippen molar-refractivity contribution in [1.82, 2.24) is 5.32 Å². The number of aliphatic hydroxyl groups excluding tert-OH is 1. The molecule has 1 atom stereocenters. The largest absolute Gasteiger partial charge is 0.486 e. The first-order valence-electron chi connectivity index (χ1n) is 5.53. The predicted molar refractivity (Wildman–Crippen MR) is 60.8 cm³/mol. The van der Waals surface area contributed by atoms with Crippen LogP contribution < -0.4 is 14.8 Å². The van der Waals surface area contributed by atoms with Gasteiger partial charge in [-0.05, 0) is 13.0 Å². The number of ether oxygens (including phenoxy) is 2. The van der Waals surface area contributed by atoms with E-state index in [0.29, 0.717) is 19.8 Å². The van der Waals surface area contributed by atoms with E-state index in [-0.39, 0.29) is 12.6 Å². The predicted octanol–water partition coefficient (Wildman–Crippen LogP) is 0.928. The smallest absolute Gasteiger partial charge is 0.165 e. The third kappa shape index (κ3) is 2.46. The quantitative estimate of drug-likeness (QED) is 0.797. The highest BCUT2D eigenvalue weighted by atomic mass is 16.6. The number of hydrogen-bond donors (Lipinski definition) is 2. The molecular formula is C12H17NO3. The molecule has 2 rings (SSSR count). The Morgan fingerprint density at radius 1 is 1.38 bits per heavy atom. The summed E-state index contributed by atoms with van der Waals surface area (Å²) < 4.78 is 11.1. The lowest BCUT2D eigenvalue weighted by Crippen LogP contribution is -2.29. The Hall–Kier alpha value is -1.26. The van der Waals surface area contributed by atoms with Gasteiger partial charge in [-0.2, -0.15) is 0 Å². The molecule has 1 unspecified atom stereocenters. The molecule has 4 heteroatoms. The maximum Gasteiger partial charge on any atom is 0.165 e. The van der Waals surface area contributed by atoms with Gasteiger partial charge in [-0.3, -0.25) is 0 Å². The van der Waals surface area contributed by atoms with Crippen molar-refractivity contribution in [2.45, 2.75) is 19.5 Å². The van der Waals surface area contributed by atoms with Crippen LogP contribution in [0.2, 0.25) is 0 Å². The molecule has 1 heterocycles. The zero-order valence-electron chi connectivity index (χ0n) is 9.40. The van der Waals surface area contributed by atoms with Crippen molar-refractivity contribution >= 4 is 0 Å². The number of rotatable bonds is 4. The molecule has 1 aliphatic heterocycles. The Morgan fingerprint density at radius 2 is 2.19 bits per heavy atom. The van der Waals surface area contributed by atoms with Crippen molar-refractivity contribution < 1.29 is 14.6 Å². The summed E-state index contributed by atoms with van der Waals surface area (Å²) in [4.78, 5) is 0. The standard InChI is InChI=1S/C12H17NO3/c1-9(8-14)13-7-10-3-2-4-11-12(10)16-6-5-15-11/h2-4,9,13-14H,5-8H2,1H3. The van der Waals surface area contributed by atoms with Gasteiger partial charge in [-0.15, -0.1) is 0 Å². The molecule has 1 aromatic carbocycles. The molecule has 0 spiro atoms. The highest BCUT2D eigenvalue weighted by molar-refractivity contribution is 5.47. The van der Waals surface area contributed by atoms with Crippen molar-refractivity contribution in [3.8, 4) is 11.5 Å². The molecule has 0 saturated carbocycles. The summed E-state index contributed by atoms with van der Waals surface area (Å²) >= 11 is 0. The second-order valence-electron chi connectivity index (χ2n) is 3.91. The Labute approximate surface area is 95.2 Å². The van der Waals surface area contributed by atoms with E-state index in [1.54, 1.807) is 0 Å². The van der Waals surface area contributed by atoms with E-state index in [2.05, 4.69) is 5.32 Å². The van der Waals surface area contributed by atoms with Crippen LogP contribution in [0.25, 0.3) is 0 Å². The Bertz CT molecular complexity index is 354. The third-order valence-electron chi connectivity index (χ3n) is 2.56. The van der Waals surface area contributed by atoms with Crippen molar-refractivity contribution in [1.29, 1.82) is 0 Å². The molecular weight excluding hydrogens is 206 g/mol. The molecule has 1 aliphatic rings. The van der Waals surface area contributed by atoms with Crippen LogP contribution in [0.3, 0.4) is 0 Å². The normalized spacial score (nSPS) is 15.9. The number of para-hydroxylation sites is 1. The van der Waals surface area contributed by atoms with Crippen LogP contribution in [0.5, 0.6) is 11.5 Å². The van der Waals surface area contributed by atoms with Gasteiger partial charge in [0.1, 0.15) is 13.2 Å². The first kappa shape index (κ1) is 11.2. The molecule has 0 radical (unpaired) electrons. The van der Waals surface area contributed by atoms with Crippen LogP contribution in [-0.4, -0.2) is 31.0 Å². The van der Waals surface area contributed by atoms with Crippen molar-refractivity contribution in [2.75, 3.05) is 19.8 Å². The summed E-state index contributed by atoms with van der Waals surface area (Å²) in [6, 6.07) is 5.95. The molecule has 2 N–H and O–H groups in total. The Kier molecular flexibility index (Phi) is 3.64. The monoisotopic (exact) mass is 223 g/mol. The van der Waals surface area contributed by atoms with E-state index in [0.717, 1.165) is 17.1 Å². The fraction of sp³-hybridized carbons (Fsp3) is 0.500. The number of fused-ring (bicyclic) bond motifs is 1. The maximum absolute atomic E-state index is 8.93. The SMILES string of the molecule is CC(CO)NCc1cccc2c1OCCO2. The molecule has 88 valence electrons. The molecule has 0 fully saturated rings. The van der Waals surface area contributed by atoms with Gasteiger partial charge in [0.05, 0.1) is 6.61 Å². The van der Waals surface area contributed by atoms with Crippen LogP contribution in [0.1, 0.15) is 12.5 Å². The van der Waals surface area contributed by atoms with E-state index in [9.17, 15) is 0 Å². The van der Waals surface area contributed by atoms with Crippen molar-refractivity contribution in [3.05, 3.63) is 23.8 Å². The van der Waals surface area contributed by atoms with Crippen LogP contribution in [0.4, 0.5) is 0 Å². The van der Waals surface area contributed by atoms with Crippen molar-refractivity contribution in [3.63, 3.8) is 0 Å². The van der Waals surface area contributed by atoms with Crippen LogP contribution >= 0.6 is 0 Å². The molecule has 0 aromatic heterocycles. The van der Waals surface area contributed by atoms with Crippen LogP contribution in [-0.2, 0) is 6.54 Å². The van der Waals surface area contributed by atoms with Gasteiger partial charge < -0.3 is 19.9 Å². The summed E-state index contributed by atoms with van der Waals surface area (Å²) in [6.07, 6.45) is 0. The summed E-state index contributed by atoms with van der Waals surface area (Å²) in [5.41, 5.74) is 1.07. The molecule has 0 amide bonds. The van der Waals surface area contributed by atoms with E-state index < -0.39 is 0 Å². The maximum atomic E-state index is 8.93. The summed E-state index contributed by atoms with van der Waals surface area (Å²) in [6.45, 7) is 3.95. The Morgan fingerprint density at radius 3 is 3.00 bits per heavy atom. The second kappa shape index (κ2) is 5.18. The zero-order chi connectivity index (χ0) is 11.4. The van der Waals surface area contributed by atoms with Gasteiger partial charge in [0.25, 0.3) is 0 Å². The van der Waals surface area contributed by atoms with Gasteiger partial charge >= 0.3 is 0 Å². The minimum atomic E-state index is 0.0837. The van der Waals surface area contributed by atoms with Gasteiger partial charge in [0, 0.05) is 18.2 Å². The van der Waals surface area contributed by atoms with Crippen LogP contribution in [0, 0.1) is 0 Å². The number of hydrogen-bond acceptors (Lipinski definition) is 4. The topological polar surface area (TPSA) is 50.7 Å². The van der Waals surface area contributed by atoms with Gasteiger partial charge in [0.2, 0.25) is 0 Å². The summed E-state index contributed by atoms with van der Waals surface area (Å²) in [5, 5.41) is 12.1. The highest BCUT2D eigenvalue weighted by Crippen LogP contribution is 2.33. The van der Waals surface area contributed by atoms with E-state index in [1.165, 1.54) is 0 Å². The minimum absolute atomic E-state index is 0.0837. The van der Waals surface area contributed by atoms with E-state index >= 15 is 0 Å². The van der Waals surface area contributed by atoms with Crippen LogP contribution in [0.15, 0.2) is 18.2 Å². The van der Waals surface area contributed by atoms with Gasteiger partial charge in [-0.25, -0.2) is 0 Å².